The summed E-state index contributed by atoms with van der Waals surface area (Å²) in [6.07, 6.45) is 3.63. The molecule has 0 unspecified atom stereocenters. The molecule has 2 rings (SSSR count). The van der Waals surface area contributed by atoms with Crippen molar-refractivity contribution in [1.82, 2.24) is 14.7 Å². The summed E-state index contributed by atoms with van der Waals surface area (Å²) >= 11 is 0. The molecular formula is C14H19N3O2. The number of carbonyl (C=O) groups is 1. The predicted molar refractivity (Wildman–Crippen MR) is 73.4 cm³/mol. The molecule has 5 nitrogen and oxygen atoms in total. The van der Waals surface area contributed by atoms with Crippen molar-refractivity contribution in [3.8, 4) is 0 Å². The van der Waals surface area contributed by atoms with E-state index in [1.54, 1.807) is 7.11 Å². The van der Waals surface area contributed by atoms with Gasteiger partial charge in [-0.05, 0) is 18.6 Å². The molecule has 0 spiro atoms. The summed E-state index contributed by atoms with van der Waals surface area (Å²) in [6, 6.07) is 5.73. The number of carbonyl (C=O) groups excluding carboxylic acids is 1. The molecule has 0 fully saturated rings. The van der Waals surface area contributed by atoms with E-state index in [1.165, 1.54) is 0 Å². The van der Waals surface area contributed by atoms with Crippen molar-refractivity contribution in [2.24, 2.45) is 0 Å². The van der Waals surface area contributed by atoms with Crippen LogP contribution in [0, 0.1) is 0 Å². The van der Waals surface area contributed by atoms with Crippen molar-refractivity contribution in [2.75, 3.05) is 20.3 Å². The summed E-state index contributed by atoms with van der Waals surface area (Å²) in [5, 5.41) is 2.85. The Morgan fingerprint density at radius 2 is 2.32 bits per heavy atom. The maximum atomic E-state index is 12.3. The Morgan fingerprint density at radius 1 is 1.47 bits per heavy atom. The van der Waals surface area contributed by atoms with Gasteiger partial charge in [0.15, 0.2) is 0 Å². The second-order valence-corrected chi connectivity index (χ2v) is 4.33. The first-order chi connectivity index (χ1) is 9.27. The zero-order chi connectivity index (χ0) is 13.7. The van der Waals surface area contributed by atoms with Gasteiger partial charge < -0.3 is 10.1 Å². The molecule has 1 amide bonds. The minimum absolute atomic E-state index is 0.0980. The average Bonchev–Trinajstić information content (AvgIpc) is 2.77. The second kappa shape index (κ2) is 6.33. The second-order valence-electron chi connectivity index (χ2n) is 4.33. The normalized spacial score (nSPS) is 10.8. The Morgan fingerprint density at radius 3 is 3.05 bits per heavy atom. The lowest BCUT2D eigenvalue weighted by atomic mass is 10.2. The monoisotopic (exact) mass is 261 g/mol. The largest absolute Gasteiger partial charge is 0.383 e. The number of imidazole rings is 1. The van der Waals surface area contributed by atoms with Gasteiger partial charge in [-0.15, -0.1) is 0 Å². The van der Waals surface area contributed by atoms with E-state index in [0.717, 1.165) is 24.2 Å². The summed E-state index contributed by atoms with van der Waals surface area (Å²) < 4.78 is 6.78. The van der Waals surface area contributed by atoms with Crippen LogP contribution in [0.25, 0.3) is 5.65 Å². The molecule has 0 aliphatic carbocycles. The summed E-state index contributed by atoms with van der Waals surface area (Å²) in [6.45, 7) is 3.09. The zero-order valence-electron chi connectivity index (χ0n) is 11.3. The number of fused-ring (bicyclic) bond motifs is 1. The molecule has 0 aliphatic heterocycles. The van der Waals surface area contributed by atoms with Crippen molar-refractivity contribution in [2.45, 2.75) is 19.8 Å². The molecule has 0 saturated heterocycles. The van der Waals surface area contributed by atoms with Gasteiger partial charge in [0.1, 0.15) is 11.3 Å². The number of amides is 1. The molecule has 1 N–H and O–H groups in total. The number of nitrogens with zero attached hydrogens (tertiary/aromatic N) is 2. The van der Waals surface area contributed by atoms with E-state index < -0.39 is 0 Å². The maximum Gasteiger partial charge on any atom is 0.270 e. The molecule has 0 aromatic carbocycles. The third kappa shape index (κ3) is 2.93. The Kier molecular flexibility index (Phi) is 4.52. The fraction of sp³-hybridized carbons (Fsp3) is 0.429. The van der Waals surface area contributed by atoms with Crippen LogP contribution in [0.1, 0.15) is 29.5 Å². The van der Waals surface area contributed by atoms with Crippen molar-refractivity contribution < 1.29 is 9.53 Å². The molecule has 19 heavy (non-hydrogen) atoms. The topological polar surface area (TPSA) is 55.6 Å². The predicted octanol–water partition coefficient (Wildman–Crippen LogP) is 1.66. The van der Waals surface area contributed by atoms with Gasteiger partial charge in [-0.1, -0.05) is 19.4 Å². The maximum absolute atomic E-state index is 12.3. The minimum Gasteiger partial charge on any atom is -0.383 e. The lowest BCUT2D eigenvalue weighted by molar-refractivity contribution is 0.0930. The van der Waals surface area contributed by atoms with E-state index in [1.807, 2.05) is 28.8 Å². The van der Waals surface area contributed by atoms with Crippen LogP contribution in [0.5, 0.6) is 0 Å². The lowest BCUT2D eigenvalue weighted by Crippen LogP contribution is -2.28. The van der Waals surface area contributed by atoms with E-state index >= 15 is 0 Å². The SMILES string of the molecule is CCCc1nc2ccccn2c1C(=O)NCCOC. The Balaban J connectivity index is 2.32. The standard InChI is InChI=1S/C14H19N3O2/c1-3-6-11-13(14(18)15-8-10-19-2)17-9-5-4-7-12(17)16-11/h4-5,7,9H,3,6,8,10H2,1-2H3,(H,15,18). The van der Waals surface area contributed by atoms with E-state index in [4.69, 9.17) is 4.74 Å². The van der Waals surface area contributed by atoms with Gasteiger partial charge in [-0.25, -0.2) is 4.98 Å². The van der Waals surface area contributed by atoms with Crippen LogP contribution in [-0.4, -0.2) is 35.6 Å². The first-order valence-corrected chi connectivity index (χ1v) is 6.51. The van der Waals surface area contributed by atoms with Crippen LogP contribution in [0.2, 0.25) is 0 Å². The third-order valence-electron chi connectivity index (χ3n) is 2.90. The van der Waals surface area contributed by atoms with E-state index in [9.17, 15) is 4.79 Å². The number of hydrogen-bond donors (Lipinski definition) is 1. The molecule has 0 atom stereocenters. The quantitative estimate of drug-likeness (QED) is 0.805. The lowest BCUT2D eigenvalue weighted by Gasteiger charge is -2.06. The molecule has 0 bridgehead atoms. The zero-order valence-corrected chi connectivity index (χ0v) is 11.3. The Hall–Kier alpha value is -1.88. The van der Waals surface area contributed by atoms with Gasteiger partial charge in [0, 0.05) is 19.9 Å². The molecule has 102 valence electrons. The molecule has 0 saturated carbocycles. The fourth-order valence-corrected chi connectivity index (χ4v) is 2.05. The molecule has 2 heterocycles. The van der Waals surface area contributed by atoms with Crippen LogP contribution in [-0.2, 0) is 11.2 Å². The third-order valence-corrected chi connectivity index (χ3v) is 2.90. The summed E-state index contributed by atoms with van der Waals surface area (Å²) in [4.78, 5) is 16.8. The van der Waals surface area contributed by atoms with Crippen LogP contribution in [0.15, 0.2) is 24.4 Å². The first kappa shape index (κ1) is 13.5. The first-order valence-electron chi connectivity index (χ1n) is 6.51. The highest BCUT2D eigenvalue weighted by molar-refractivity contribution is 5.94. The molecular weight excluding hydrogens is 242 g/mol. The summed E-state index contributed by atoms with van der Waals surface area (Å²) in [5.74, 6) is -0.0980. The van der Waals surface area contributed by atoms with Crippen LogP contribution < -0.4 is 5.32 Å². The van der Waals surface area contributed by atoms with E-state index in [0.29, 0.717) is 18.8 Å². The average molecular weight is 261 g/mol. The molecule has 0 radical (unpaired) electrons. The van der Waals surface area contributed by atoms with Gasteiger partial charge in [-0.2, -0.15) is 0 Å². The van der Waals surface area contributed by atoms with Crippen molar-refractivity contribution >= 4 is 11.6 Å². The number of aromatic nitrogens is 2. The number of aryl methyl sites for hydroxylation is 1. The van der Waals surface area contributed by atoms with Crippen LogP contribution in [0.3, 0.4) is 0 Å². The molecule has 0 aliphatic rings. The highest BCUT2D eigenvalue weighted by Gasteiger charge is 2.17. The van der Waals surface area contributed by atoms with Crippen LogP contribution in [0.4, 0.5) is 0 Å². The van der Waals surface area contributed by atoms with Gasteiger partial charge in [0.25, 0.3) is 5.91 Å². The minimum atomic E-state index is -0.0980. The number of methoxy groups -OCH3 is 1. The van der Waals surface area contributed by atoms with Crippen molar-refractivity contribution in [3.63, 3.8) is 0 Å². The Bertz CT molecular complexity index is 563. The summed E-state index contributed by atoms with van der Waals surface area (Å²) in [7, 11) is 1.61. The van der Waals surface area contributed by atoms with Gasteiger partial charge in [0.05, 0.1) is 12.3 Å². The fourth-order valence-electron chi connectivity index (χ4n) is 2.05. The number of ether oxygens (including phenoxy) is 1. The number of rotatable bonds is 6. The summed E-state index contributed by atoms with van der Waals surface area (Å²) in [5.41, 5.74) is 2.29. The van der Waals surface area contributed by atoms with Crippen LogP contribution >= 0.6 is 0 Å². The number of nitrogens with one attached hydrogen (secondary N) is 1. The molecule has 2 aromatic rings. The highest BCUT2D eigenvalue weighted by Crippen LogP contribution is 2.14. The van der Waals surface area contributed by atoms with Gasteiger partial charge in [0.2, 0.25) is 0 Å². The van der Waals surface area contributed by atoms with Crippen molar-refractivity contribution in [3.05, 3.63) is 35.8 Å². The van der Waals surface area contributed by atoms with Crippen molar-refractivity contribution in [1.29, 1.82) is 0 Å². The smallest absolute Gasteiger partial charge is 0.270 e. The molecule has 2 aromatic heterocycles. The number of pyridine rings is 1. The number of hydrogen-bond acceptors (Lipinski definition) is 3. The Labute approximate surface area is 112 Å². The van der Waals surface area contributed by atoms with E-state index in [-0.39, 0.29) is 5.91 Å². The highest BCUT2D eigenvalue weighted by atomic mass is 16.5. The van der Waals surface area contributed by atoms with Gasteiger partial charge >= 0.3 is 0 Å². The van der Waals surface area contributed by atoms with Gasteiger partial charge in [-0.3, -0.25) is 9.20 Å². The molecule has 5 heteroatoms. The van der Waals surface area contributed by atoms with E-state index in [2.05, 4.69) is 17.2 Å².